The number of halogens is 1. The SMILES string of the molecule is CC(Cc1cccc(F)c1)C(=O)Cc1ccc2c(c1N)CCC2Nc1ccns1. The molecule has 2 unspecified atom stereocenters. The van der Waals surface area contributed by atoms with E-state index in [4.69, 9.17) is 5.73 Å². The normalized spacial score (nSPS) is 16.4. The maximum Gasteiger partial charge on any atom is 0.140 e. The fraction of sp³-hybridized carbons (Fsp3) is 0.304. The minimum Gasteiger partial charge on any atom is -0.398 e. The van der Waals surface area contributed by atoms with Crippen molar-refractivity contribution in [2.45, 2.75) is 38.6 Å². The molecule has 1 heterocycles. The number of aromatic nitrogens is 1. The van der Waals surface area contributed by atoms with Crippen LogP contribution < -0.4 is 11.1 Å². The molecule has 0 radical (unpaired) electrons. The summed E-state index contributed by atoms with van der Waals surface area (Å²) in [6.45, 7) is 1.89. The lowest BCUT2D eigenvalue weighted by atomic mass is 9.91. The molecule has 3 aromatic rings. The summed E-state index contributed by atoms with van der Waals surface area (Å²) < 4.78 is 17.5. The molecule has 0 saturated carbocycles. The maximum absolute atomic E-state index is 13.4. The van der Waals surface area contributed by atoms with Crippen molar-refractivity contribution in [2.24, 2.45) is 5.92 Å². The Bertz CT molecular complexity index is 1020. The van der Waals surface area contributed by atoms with E-state index in [1.165, 1.54) is 29.2 Å². The summed E-state index contributed by atoms with van der Waals surface area (Å²) in [5.74, 6) is -0.338. The second kappa shape index (κ2) is 8.33. The van der Waals surface area contributed by atoms with E-state index in [9.17, 15) is 9.18 Å². The fourth-order valence-corrected chi connectivity index (χ4v) is 4.59. The van der Waals surface area contributed by atoms with Crippen molar-refractivity contribution in [1.29, 1.82) is 0 Å². The third kappa shape index (κ3) is 4.32. The first-order chi connectivity index (χ1) is 14.0. The largest absolute Gasteiger partial charge is 0.398 e. The van der Waals surface area contributed by atoms with Gasteiger partial charge in [0, 0.05) is 24.2 Å². The molecule has 0 bridgehead atoms. The summed E-state index contributed by atoms with van der Waals surface area (Å²) in [4.78, 5) is 12.8. The minimum atomic E-state index is -0.272. The van der Waals surface area contributed by atoms with E-state index >= 15 is 0 Å². The van der Waals surface area contributed by atoms with Crippen LogP contribution in [0.2, 0.25) is 0 Å². The third-order valence-corrected chi connectivity index (χ3v) is 6.32. The summed E-state index contributed by atoms with van der Waals surface area (Å²) in [5, 5.41) is 4.57. The molecule has 2 aromatic carbocycles. The second-order valence-electron chi connectivity index (χ2n) is 7.70. The average Bonchev–Trinajstić information content (AvgIpc) is 3.35. The molecule has 4 nitrogen and oxygen atoms in total. The Kier molecular flexibility index (Phi) is 5.62. The Balaban J connectivity index is 1.45. The van der Waals surface area contributed by atoms with Gasteiger partial charge in [-0.2, -0.15) is 4.37 Å². The fourth-order valence-electron chi connectivity index (χ4n) is 4.04. The Morgan fingerprint density at radius 3 is 2.97 bits per heavy atom. The number of benzene rings is 2. The number of nitrogen functional groups attached to an aromatic ring is 1. The highest BCUT2D eigenvalue weighted by Crippen LogP contribution is 2.39. The van der Waals surface area contributed by atoms with Gasteiger partial charge in [0.15, 0.2) is 0 Å². The van der Waals surface area contributed by atoms with Crippen LogP contribution in [0.25, 0.3) is 0 Å². The molecule has 29 heavy (non-hydrogen) atoms. The number of hydrogen-bond donors (Lipinski definition) is 2. The van der Waals surface area contributed by atoms with Gasteiger partial charge in [-0.25, -0.2) is 4.39 Å². The molecule has 1 aromatic heterocycles. The first kappa shape index (κ1) is 19.6. The summed E-state index contributed by atoms with van der Waals surface area (Å²) >= 11 is 1.44. The summed E-state index contributed by atoms with van der Waals surface area (Å²) in [5.41, 5.74) is 11.3. The molecule has 0 amide bonds. The number of Topliss-reactive ketones (excluding diaryl/α,β-unsaturated/α-hetero) is 1. The van der Waals surface area contributed by atoms with Crippen LogP contribution in [0.3, 0.4) is 0 Å². The lowest BCUT2D eigenvalue weighted by Gasteiger charge is -2.16. The van der Waals surface area contributed by atoms with Crippen molar-refractivity contribution in [3.05, 3.63) is 76.7 Å². The number of hydrogen-bond acceptors (Lipinski definition) is 5. The summed E-state index contributed by atoms with van der Waals surface area (Å²) in [6.07, 6.45) is 4.51. The van der Waals surface area contributed by atoms with E-state index in [1.807, 2.05) is 25.1 Å². The van der Waals surface area contributed by atoms with Crippen molar-refractivity contribution < 1.29 is 9.18 Å². The van der Waals surface area contributed by atoms with E-state index in [2.05, 4.69) is 15.8 Å². The molecule has 0 fully saturated rings. The molecular formula is C23H24FN3OS. The topological polar surface area (TPSA) is 68.0 Å². The van der Waals surface area contributed by atoms with Crippen molar-refractivity contribution in [3.8, 4) is 0 Å². The van der Waals surface area contributed by atoms with E-state index in [1.54, 1.807) is 12.3 Å². The van der Waals surface area contributed by atoms with E-state index in [-0.39, 0.29) is 23.6 Å². The van der Waals surface area contributed by atoms with E-state index in [0.29, 0.717) is 12.8 Å². The number of fused-ring (bicyclic) bond motifs is 1. The molecule has 1 aliphatic carbocycles. The number of carbonyl (C=O) groups excluding carboxylic acids is 1. The third-order valence-electron chi connectivity index (χ3n) is 5.64. The zero-order chi connectivity index (χ0) is 20.4. The molecule has 0 aliphatic heterocycles. The predicted molar refractivity (Wildman–Crippen MR) is 116 cm³/mol. The highest BCUT2D eigenvalue weighted by Gasteiger charge is 2.26. The first-order valence-corrected chi connectivity index (χ1v) is 10.6. The van der Waals surface area contributed by atoms with Crippen LogP contribution in [0, 0.1) is 11.7 Å². The molecule has 4 rings (SSSR count). The van der Waals surface area contributed by atoms with Crippen molar-refractivity contribution in [2.75, 3.05) is 11.1 Å². The molecule has 1 aliphatic rings. The number of rotatable bonds is 7. The van der Waals surface area contributed by atoms with Crippen molar-refractivity contribution >= 4 is 28.0 Å². The first-order valence-electron chi connectivity index (χ1n) is 9.85. The molecule has 0 saturated heterocycles. The maximum atomic E-state index is 13.4. The van der Waals surface area contributed by atoms with E-state index < -0.39 is 0 Å². The van der Waals surface area contributed by atoms with Gasteiger partial charge in [0.2, 0.25) is 0 Å². The predicted octanol–water partition coefficient (Wildman–Crippen LogP) is 4.95. The number of nitrogens with one attached hydrogen (secondary N) is 1. The molecule has 6 heteroatoms. The van der Waals surface area contributed by atoms with Crippen LogP contribution in [0.15, 0.2) is 48.7 Å². The monoisotopic (exact) mass is 409 g/mol. The lowest BCUT2D eigenvalue weighted by Crippen LogP contribution is -2.17. The van der Waals surface area contributed by atoms with Crippen molar-refractivity contribution in [1.82, 2.24) is 4.37 Å². The van der Waals surface area contributed by atoms with Gasteiger partial charge in [-0.3, -0.25) is 4.79 Å². The smallest absolute Gasteiger partial charge is 0.140 e. The van der Waals surface area contributed by atoms with Gasteiger partial charge in [-0.15, -0.1) is 0 Å². The van der Waals surface area contributed by atoms with Crippen LogP contribution >= 0.6 is 11.5 Å². The van der Waals surface area contributed by atoms with Gasteiger partial charge in [-0.1, -0.05) is 31.2 Å². The lowest BCUT2D eigenvalue weighted by molar-refractivity contribution is -0.121. The number of ketones is 1. The zero-order valence-electron chi connectivity index (χ0n) is 16.3. The average molecular weight is 410 g/mol. The quantitative estimate of drug-likeness (QED) is 0.542. The Morgan fingerprint density at radius 1 is 1.34 bits per heavy atom. The highest BCUT2D eigenvalue weighted by atomic mass is 32.1. The van der Waals surface area contributed by atoms with Gasteiger partial charge in [0.1, 0.15) is 16.6 Å². The molecule has 0 spiro atoms. The van der Waals surface area contributed by atoms with Crippen LogP contribution in [-0.4, -0.2) is 10.2 Å². The van der Waals surface area contributed by atoms with Gasteiger partial charge in [-0.05, 0) is 71.2 Å². The van der Waals surface area contributed by atoms with E-state index in [0.717, 1.165) is 40.2 Å². The Hall–Kier alpha value is -2.73. The number of anilines is 2. The van der Waals surface area contributed by atoms with Gasteiger partial charge < -0.3 is 11.1 Å². The van der Waals surface area contributed by atoms with Crippen molar-refractivity contribution in [3.63, 3.8) is 0 Å². The second-order valence-corrected chi connectivity index (χ2v) is 8.53. The molecule has 2 atom stereocenters. The van der Waals surface area contributed by atoms with Gasteiger partial charge in [0.25, 0.3) is 0 Å². The minimum absolute atomic E-state index is 0.123. The molecule has 3 N–H and O–H groups in total. The van der Waals surface area contributed by atoms with Gasteiger partial charge >= 0.3 is 0 Å². The standard InChI is InChI=1S/C23H24FN3OS/c1-14(11-15-3-2-4-17(24)12-15)21(28)13-16-5-6-18-19(23(16)25)7-8-20(18)27-22-9-10-26-29-22/h2-6,9-10,12,14,20,27H,7-8,11,13,25H2,1H3. The summed E-state index contributed by atoms with van der Waals surface area (Å²) in [6, 6.07) is 12.7. The number of carbonyl (C=O) groups is 1. The number of nitrogens with zero attached hydrogens (tertiary/aromatic N) is 1. The van der Waals surface area contributed by atoms with Crippen LogP contribution in [0.4, 0.5) is 15.1 Å². The van der Waals surface area contributed by atoms with Crippen LogP contribution in [0.5, 0.6) is 0 Å². The van der Waals surface area contributed by atoms with Gasteiger partial charge in [0.05, 0.1) is 6.04 Å². The molecule has 150 valence electrons. The molecular weight excluding hydrogens is 385 g/mol. The van der Waals surface area contributed by atoms with Crippen LogP contribution in [-0.2, 0) is 24.1 Å². The summed E-state index contributed by atoms with van der Waals surface area (Å²) in [7, 11) is 0. The van der Waals surface area contributed by atoms with Crippen LogP contribution in [0.1, 0.15) is 41.6 Å². The number of nitrogens with two attached hydrogens (primary N) is 1. The Morgan fingerprint density at radius 2 is 2.21 bits per heavy atom. The zero-order valence-corrected chi connectivity index (χ0v) is 17.1. The Labute approximate surface area is 174 Å². The highest BCUT2D eigenvalue weighted by molar-refractivity contribution is 7.10.